The van der Waals surface area contributed by atoms with E-state index in [1.807, 2.05) is 13.0 Å². The fourth-order valence-corrected chi connectivity index (χ4v) is 1.94. The van der Waals surface area contributed by atoms with E-state index in [-0.39, 0.29) is 0 Å². The first-order valence-corrected chi connectivity index (χ1v) is 6.21. The summed E-state index contributed by atoms with van der Waals surface area (Å²) in [7, 11) is 0. The molecule has 0 heterocycles. The Balaban J connectivity index is 2.99. The van der Waals surface area contributed by atoms with Crippen LogP contribution in [0.4, 0.5) is 0 Å². The normalized spacial score (nSPS) is 11.9. The fourth-order valence-electron chi connectivity index (χ4n) is 1.29. The molecule has 4 heteroatoms. The molecule has 1 rings (SSSR count). The summed E-state index contributed by atoms with van der Waals surface area (Å²) in [4.78, 5) is 0. The van der Waals surface area contributed by atoms with Crippen LogP contribution >= 0.6 is 34.8 Å². The number of likely N-dealkylation sites (N-methyl/N-ethyl adjacent to an activating group) is 1. The topological polar surface area (TPSA) is 12.0 Å². The van der Waals surface area contributed by atoms with E-state index in [1.165, 1.54) is 0 Å². The minimum atomic E-state index is 0.505. The molecule has 1 aromatic carbocycles. The van der Waals surface area contributed by atoms with Gasteiger partial charge in [0.05, 0.1) is 10.0 Å². The molecule has 88 valence electrons. The number of nitrogens with one attached hydrogen (secondary N) is 1. The first kappa shape index (κ1) is 13.9. The molecule has 0 atom stereocenters. The van der Waals surface area contributed by atoms with Gasteiger partial charge in [-0.3, -0.25) is 0 Å². The molecule has 0 saturated carbocycles. The summed E-state index contributed by atoms with van der Waals surface area (Å²) in [5.41, 5.74) is 1.94. The lowest BCUT2D eigenvalue weighted by Crippen LogP contribution is -2.14. The van der Waals surface area contributed by atoms with Crippen LogP contribution in [0.2, 0.25) is 15.1 Å². The zero-order valence-corrected chi connectivity index (χ0v) is 11.5. The molecule has 0 spiro atoms. The molecule has 0 saturated heterocycles. The van der Waals surface area contributed by atoms with Gasteiger partial charge in [0, 0.05) is 17.1 Å². The Bertz CT molecular complexity index is 399. The summed E-state index contributed by atoms with van der Waals surface area (Å²) >= 11 is 18.1. The van der Waals surface area contributed by atoms with Gasteiger partial charge in [0.1, 0.15) is 0 Å². The van der Waals surface area contributed by atoms with Gasteiger partial charge in [0.15, 0.2) is 0 Å². The third kappa shape index (κ3) is 3.67. The maximum atomic E-state index is 6.10. The summed E-state index contributed by atoms with van der Waals surface area (Å²) < 4.78 is 0. The molecule has 1 aromatic rings. The number of rotatable bonds is 4. The van der Waals surface area contributed by atoms with Gasteiger partial charge in [0.25, 0.3) is 0 Å². The van der Waals surface area contributed by atoms with Crippen molar-refractivity contribution in [1.82, 2.24) is 5.32 Å². The van der Waals surface area contributed by atoms with E-state index in [1.54, 1.807) is 12.1 Å². The average Bonchev–Trinajstić information content (AvgIpc) is 2.27. The summed E-state index contributed by atoms with van der Waals surface area (Å²) in [6.45, 7) is 5.83. The van der Waals surface area contributed by atoms with E-state index < -0.39 is 0 Å². The third-order valence-corrected chi connectivity index (χ3v) is 3.27. The van der Waals surface area contributed by atoms with E-state index in [2.05, 4.69) is 12.2 Å². The highest BCUT2D eigenvalue weighted by atomic mass is 35.5. The standard InChI is InChI=1S/C12H14Cl3N/c1-3-16-7-8(2)6-9-10(13)4-5-11(14)12(9)15/h4-6,16H,3,7H2,1-2H3/b8-6+. The maximum Gasteiger partial charge on any atom is 0.0679 e. The molecule has 0 fully saturated rings. The van der Waals surface area contributed by atoms with Crippen LogP contribution < -0.4 is 5.32 Å². The van der Waals surface area contributed by atoms with E-state index in [0.29, 0.717) is 15.1 Å². The Morgan fingerprint density at radius 3 is 2.50 bits per heavy atom. The predicted octanol–water partition coefficient (Wildman–Crippen LogP) is 4.66. The highest BCUT2D eigenvalue weighted by Crippen LogP contribution is 2.32. The van der Waals surface area contributed by atoms with Gasteiger partial charge in [-0.25, -0.2) is 0 Å². The summed E-state index contributed by atoms with van der Waals surface area (Å²) in [6, 6.07) is 3.45. The second-order valence-corrected chi connectivity index (χ2v) is 4.72. The lowest BCUT2D eigenvalue weighted by atomic mass is 10.1. The fraction of sp³-hybridized carbons (Fsp3) is 0.333. The number of halogens is 3. The highest BCUT2D eigenvalue weighted by Gasteiger charge is 2.07. The van der Waals surface area contributed by atoms with Crippen molar-refractivity contribution >= 4 is 40.9 Å². The lowest BCUT2D eigenvalue weighted by Gasteiger charge is -2.06. The second kappa shape index (κ2) is 6.51. The summed E-state index contributed by atoms with van der Waals surface area (Å²) in [5.74, 6) is 0. The summed E-state index contributed by atoms with van der Waals surface area (Å²) in [5, 5.41) is 4.88. The highest BCUT2D eigenvalue weighted by molar-refractivity contribution is 6.44. The smallest absolute Gasteiger partial charge is 0.0679 e. The van der Waals surface area contributed by atoms with Crippen molar-refractivity contribution in [1.29, 1.82) is 0 Å². The van der Waals surface area contributed by atoms with Gasteiger partial charge in [0.2, 0.25) is 0 Å². The Morgan fingerprint density at radius 1 is 1.25 bits per heavy atom. The SMILES string of the molecule is CCNC/C(C)=C/c1c(Cl)ccc(Cl)c1Cl. The molecule has 1 N–H and O–H groups in total. The zero-order chi connectivity index (χ0) is 12.1. The van der Waals surface area contributed by atoms with Crippen LogP contribution in [-0.4, -0.2) is 13.1 Å². The van der Waals surface area contributed by atoms with Crippen molar-refractivity contribution in [3.05, 3.63) is 38.3 Å². The molecule has 0 aromatic heterocycles. The minimum absolute atomic E-state index is 0.505. The van der Waals surface area contributed by atoms with Crippen molar-refractivity contribution in [2.24, 2.45) is 0 Å². The van der Waals surface area contributed by atoms with Crippen LogP contribution in [0, 0.1) is 0 Å². The zero-order valence-electron chi connectivity index (χ0n) is 9.28. The first-order chi connectivity index (χ1) is 7.56. The van der Waals surface area contributed by atoms with Crippen LogP contribution in [0.1, 0.15) is 19.4 Å². The Labute approximate surface area is 111 Å². The monoisotopic (exact) mass is 277 g/mol. The van der Waals surface area contributed by atoms with Crippen LogP contribution in [0.5, 0.6) is 0 Å². The molecular formula is C12H14Cl3N. The molecule has 0 unspecified atom stereocenters. The molecular weight excluding hydrogens is 264 g/mol. The van der Waals surface area contributed by atoms with Crippen molar-refractivity contribution < 1.29 is 0 Å². The van der Waals surface area contributed by atoms with Crippen molar-refractivity contribution in [2.75, 3.05) is 13.1 Å². The molecule has 0 radical (unpaired) electrons. The average molecular weight is 279 g/mol. The number of benzene rings is 1. The molecule has 0 aliphatic rings. The van der Waals surface area contributed by atoms with Gasteiger partial charge in [-0.1, -0.05) is 53.4 Å². The van der Waals surface area contributed by atoms with Crippen molar-refractivity contribution in [3.63, 3.8) is 0 Å². The Kier molecular flexibility index (Phi) is 5.63. The van der Waals surface area contributed by atoms with E-state index in [9.17, 15) is 0 Å². The Morgan fingerprint density at radius 2 is 1.88 bits per heavy atom. The third-order valence-electron chi connectivity index (χ3n) is 2.12. The lowest BCUT2D eigenvalue weighted by molar-refractivity contribution is 0.778. The molecule has 0 amide bonds. The van der Waals surface area contributed by atoms with Gasteiger partial charge in [-0.15, -0.1) is 0 Å². The molecule has 16 heavy (non-hydrogen) atoms. The predicted molar refractivity (Wildman–Crippen MR) is 73.7 cm³/mol. The van der Waals surface area contributed by atoms with E-state index >= 15 is 0 Å². The minimum Gasteiger partial charge on any atom is -0.313 e. The van der Waals surface area contributed by atoms with Crippen LogP contribution in [0.3, 0.4) is 0 Å². The number of hydrogen-bond acceptors (Lipinski definition) is 1. The second-order valence-electron chi connectivity index (χ2n) is 3.53. The van der Waals surface area contributed by atoms with Crippen LogP contribution in [0.25, 0.3) is 6.08 Å². The van der Waals surface area contributed by atoms with Crippen LogP contribution in [-0.2, 0) is 0 Å². The van der Waals surface area contributed by atoms with E-state index in [4.69, 9.17) is 34.8 Å². The van der Waals surface area contributed by atoms with E-state index in [0.717, 1.165) is 24.2 Å². The molecule has 0 aliphatic carbocycles. The summed E-state index contributed by atoms with van der Waals surface area (Å²) in [6.07, 6.45) is 1.96. The van der Waals surface area contributed by atoms with Gasteiger partial charge in [-0.05, 0) is 25.6 Å². The van der Waals surface area contributed by atoms with Gasteiger partial charge in [-0.2, -0.15) is 0 Å². The maximum absolute atomic E-state index is 6.10. The van der Waals surface area contributed by atoms with Gasteiger partial charge >= 0.3 is 0 Å². The molecule has 0 aliphatic heterocycles. The quantitative estimate of drug-likeness (QED) is 0.790. The molecule has 1 nitrogen and oxygen atoms in total. The van der Waals surface area contributed by atoms with Crippen LogP contribution in [0.15, 0.2) is 17.7 Å². The van der Waals surface area contributed by atoms with Gasteiger partial charge < -0.3 is 5.32 Å². The largest absolute Gasteiger partial charge is 0.313 e. The van der Waals surface area contributed by atoms with Crippen molar-refractivity contribution in [2.45, 2.75) is 13.8 Å². The van der Waals surface area contributed by atoms with Crippen molar-refractivity contribution in [3.8, 4) is 0 Å². The number of hydrogen-bond donors (Lipinski definition) is 1. The first-order valence-electron chi connectivity index (χ1n) is 5.07. The Hall–Kier alpha value is -0.210. The molecule has 0 bridgehead atoms.